The Morgan fingerprint density at radius 3 is 2.25 bits per heavy atom. The summed E-state index contributed by atoms with van der Waals surface area (Å²) in [5.74, 6) is -0.526. The van der Waals surface area contributed by atoms with E-state index in [2.05, 4.69) is 0 Å². The average Bonchev–Trinajstić information content (AvgIpc) is 2.39. The molecule has 1 aromatic carbocycles. The molecule has 0 saturated heterocycles. The Balaban J connectivity index is 2.73. The minimum atomic E-state index is -1.27. The summed E-state index contributed by atoms with van der Waals surface area (Å²) in [4.78, 5) is 24.4. The molecule has 0 heterocycles. The monoisotopic (exact) mass is 279 g/mol. The van der Waals surface area contributed by atoms with E-state index in [1.807, 2.05) is 12.1 Å². The van der Waals surface area contributed by atoms with Crippen molar-refractivity contribution in [2.45, 2.75) is 45.8 Å². The summed E-state index contributed by atoms with van der Waals surface area (Å²) >= 11 is 0. The minimum absolute atomic E-state index is 0.228. The van der Waals surface area contributed by atoms with E-state index in [1.54, 1.807) is 19.1 Å². The van der Waals surface area contributed by atoms with Gasteiger partial charge in [0.25, 0.3) is 0 Å². The van der Waals surface area contributed by atoms with Crippen LogP contribution in [0.1, 0.15) is 38.7 Å². The number of aliphatic hydroxyl groups is 2. The highest BCUT2D eigenvalue weighted by molar-refractivity contribution is 6.13. The summed E-state index contributed by atoms with van der Waals surface area (Å²) in [6.07, 6.45) is 0.719. The molecule has 2 amide bonds. The molecule has 2 N–H and O–H groups in total. The predicted molar refractivity (Wildman–Crippen MR) is 76.1 cm³/mol. The van der Waals surface area contributed by atoms with Crippen LogP contribution in [0.3, 0.4) is 0 Å². The molecule has 20 heavy (non-hydrogen) atoms. The van der Waals surface area contributed by atoms with Gasteiger partial charge in [-0.3, -0.25) is 14.5 Å². The first-order chi connectivity index (χ1) is 9.45. The summed E-state index contributed by atoms with van der Waals surface area (Å²) in [6, 6.07) is 7.16. The van der Waals surface area contributed by atoms with Crippen LogP contribution in [0.5, 0.6) is 0 Å². The van der Waals surface area contributed by atoms with E-state index in [0.29, 0.717) is 18.5 Å². The second kappa shape index (κ2) is 7.77. The zero-order chi connectivity index (χ0) is 15.1. The molecule has 1 rings (SSSR count). The Labute approximate surface area is 118 Å². The summed E-state index contributed by atoms with van der Waals surface area (Å²) in [7, 11) is 0. The maximum Gasteiger partial charge on any atom is 0.233 e. The van der Waals surface area contributed by atoms with Crippen molar-refractivity contribution in [2.24, 2.45) is 0 Å². The van der Waals surface area contributed by atoms with Gasteiger partial charge in [0.1, 0.15) is 0 Å². The third kappa shape index (κ3) is 4.75. The fraction of sp³-hybridized carbons (Fsp3) is 0.467. The molecule has 0 spiro atoms. The molecule has 5 heteroatoms. The minimum Gasteiger partial charge on any atom is -0.368 e. The molecule has 0 aliphatic heterocycles. The van der Waals surface area contributed by atoms with Crippen molar-refractivity contribution in [3.05, 3.63) is 29.8 Å². The molecule has 0 radical (unpaired) electrons. The maximum atomic E-state index is 11.7. The molecular weight excluding hydrogens is 258 g/mol. The molecule has 0 bridgehead atoms. The number of carbonyl (C=O) groups is 2. The molecule has 1 aromatic rings. The van der Waals surface area contributed by atoms with Gasteiger partial charge in [0, 0.05) is 13.3 Å². The van der Waals surface area contributed by atoms with Crippen LogP contribution in [0.15, 0.2) is 24.3 Å². The van der Waals surface area contributed by atoms with Gasteiger partial charge in [0.2, 0.25) is 11.8 Å². The van der Waals surface area contributed by atoms with Crippen molar-refractivity contribution in [3.63, 3.8) is 0 Å². The molecule has 0 aromatic heterocycles. The predicted octanol–water partition coefficient (Wildman–Crippen LogP) is 1.61. The lowest BCUT2D eigenvalue weighted by Crippen LogP contribution is -2.34. The highest BCUT2D eigenvalue weighted by Crippen LogP contribution is 2.18. The number of hydrogen-bond acceptors (Lipinski definition) is 4. The first-order valence-electron chi connectivity index (χ1n) is 6.74. The molecule has 0 atom stereocenters. The smallest absolute Gasteiger partial charge is 0.233 e. The van der Waals surface area contributed by atoms with Gasteiger partial charge in [-0.25, -0.2) is 0 Å². The van der Waals surface area contributed by atoms with Crippen molar-refractivity contribution in [2.75, 3.05) is 4.90 Å². The molecule has 0 aliphatic rings. The van der Waals surface area contributed by atoms with E-state index < -0.39 is 6.29 Å². The third-order valence-electron chi connectivity index (χ3n) is 2.99. The topological polar surface area (TPSA) is 77.8 Å². The lowest BCUT2D eigenvalue weighted by molar-refractivity contribution is -0.125. The molecular formula is C15H21NO4. The van der Waals surface area contributed by atoms with Gasteiger partial charge in [-0.05, 0) is 37.0 Å². The number of hydrogen-bond donors (Lipinski definition) is 2. The first kappa shape index (κ1) is 16.3. The van der Waals surface area contributed by atoms with Crippen molar-refractivity contribution < 1.29 is 19.8 Å². The van der Waals surface area contributed by atoms with Crippen LogP contribution >= 0.6 is 0 Å². The van der Waals surface area contributed by atoms with Crippen molar-refractivity contribution in [1.29, 1.82) is 0 Å². The van der Waals surface area contributed by atoms with E-state index in [0.717, 1.165) is 12.0 Å². The molecule has 0 aliphatic carbocycles. The summed E-state index contributed by atoms with van der Waals surface area (Å²) in [5.41, 5.74) is 1.59. The number of amides is 2. The number of benzene rings is 1. The molecule has 0 unspecified atom stereocenters. The molecule has 0 fully saturated rings. The number of imide groups is 1. The van der Waals surface area contributed by atoms with E-state index in [4.69, 9.17) is 10.2 Å². The Bertz CT molecular complexity index is 453. The van der Waals surface area contributed by atoms with Crippen LogP contribution in [-0.4, -0.2) is 28.3 Å². The number of aliphatic hydroxyl groups excluding tert-OH is 1. The number of anilines is 1. The normalized spacial score (nSPS) is 10.7. The summed E-state index contributed by atoms with van der Waals surface area (Å²) in [5, 5.41) is 17.5. The van der Waals surface area contributed by atoms with E-state index in [9.17, 15) is 9.59 Å². The molecule has 5 nitrogen and oxygen atoms in total. The Hall–Kier alpha value is -1.72. The van der Waals surface area contributed by atoms with Gasteiger partial charge in [0.15, 0.2) is 6.29 Å². The SMILES string of the molecule is CCC(=O)N(C(C)=O)c1ccc(CCCC(O)O)cc1. The Morgan fingerprint density at radius 2 is 1.80 bits per heavy atom. The highest BCUT2D eigenvalue weighted by atomic mass is 16.5. The van der Waals surface area contributed by atoms with Crippen LogP contribution in [0, 0.1) is 0 Å². The van der Waals surface area contributed by atoms with Crippen molar-refractivity contribution in [3.8, 4) is 0 Å². The second-order valence-corrected chi connectivity index (χ2v) is 4.64. The maximum absolute atomic E-state index is 11.7. The highest BCUT2D eigenvalue weighted by Gasteiger charge is 2.17. The number of rotatable bonds is 6. The lowest BCUT2D eigenvalue weighted by Gasteiger charge is -2.18. The summed E-state index contributed by atoms with van der Waals surface area (Å²) < 4.78 is 0. The second-order valence-electron chi connectivity index (χ2n) is 4.64. The van der Waals surface area contributed by atoms with Gasteiger partial charge < -0.3 is 10.2 Å². The standard InChI is InChI=1S/C15H21NO4/c1-3-14(18)16(11(2)17)13-9-7-12(8-10-13)5-4-6-15(19)20/h7-10,15,19-20H,3-6H2,1-2H3. The first-order valence-corrected chi connectivity index (χ1v) is 6.74. The fourth-order valence-electron chi connectivity index (χ4n) is 1.96. The quantitative estimate of drug-likeness (QED) is 0.775. The van der Waals surface area contributed by atoms with Crippen LogP contribution in [-0.2, 0) is 16.0 Å². The van der Waals surface area contributed by atoms with Gasteiger partial charge in [-0.2, -0.15) is 0 Å². The van der Waals surface area contributed by atoms with E-state index in [1.165, 1.54) is 11.8 Å². The van der Waals surface area contributed by atoms with Crippen LogP contribution < -0.4 is 4.90 Å². The fourth-order valence-corrected chi connectivity index (χ4v) is 1.96. The van der Waals surface area contributed by atoms with Crippen LogP contribution in [0.4, 0.5) is 5.69 Å². The van der Waals surface area contributed by atoms with Gasteiger partial charge in [-0.1, -0.05) is 19.1 Å². The van der Waals surface area contributed by atoms with Gasteiger partial charge in [-0.15, -0.1) is 0 Å². The number of nitrogens with zero attached hydrogens (tertiary/aromatic N) is 1. The zero-order valence-electron chi connectivity index (χ0n) is 11.9. The van der Waals surface area contributed by atoms with E-state index >= 15 is 0 Å². The molecule has 0 saturated carbocycles. The lowest BCUT2D eigenvalue weighted by atomic mass is 10.1. The number of carbonyl (C=O) groups excluding carboxylic acids is 2. The zero-order valence-corrected chi connectivity index (χ0v) is 11.9. The van der Waals surface area contributed by atoms with Gasteiger partial charge in [0.05, 0.1) is 5.69 Å². The largest absolute Gasteiger partial charge is 0.368 e. The summed E-state index contributed by atoms with van der Waals surface area (Å²) in [6.45, 7) is 3.08. The Kier molecular flexibility index (Phi) is 6.35. The van der Waals surface area contributed by atoms with Gasteiger partial charge >= 0.3 is 0 Å². The molecule has 110 valence electrons. The van der Waals surface area contributed by atoms with Crippen molar-refractivity contribution >= 4 is 17.5 Å². The average molecular weight is 279 g/mol. The number of aryl methyl sites for hydroxylation is 1. The van der Waals surface area contributed by atoms with Crippen LogP contribution in [0.2, 0.25) is 0 Å². The van der Waals surface area contributed by atoms with Crippen molar-refractivity contribution in [1.82, 2.24) is 0 Å². The Morgan fingerprint density at radius 1 is 1.20 bits per heavy atom. The van der Waals surface area contributed by atoms with Crippen LogP contribution in [0.25, 0.3) is 0 Å². The van der Waals surface area contributed by atoms with E-state index in [-0.39, 0.29) is 18.2 Å². The third-order valence-corrected chi connectivity index (χ3v) is 2.99.